The maximum atomic E-state index is 8.40. The lowest BCUT2D eigenvalue weighted by atomic mass is 10.3. The van der Waals surface area contributed by atoms with Crippen LogP contribution in [0, 0.1) is 11.3 Å². The second kappa shape index (κ2) is 4.14. The van der Waals surface area contributed by atoms with Crippen molar-refractivity contribution < 1.29 is 0 Å². The Bertz CT molecular complexity index is 297. The molecule has 0 aromatic carbocycles. The van der Waals surface area contributed by atoms with Gasteiger partial charge in [0.2, 0.25) is 0 Å². The van der Waals surface area contributed by atoms with Gasteiger partial charge in [-0.3, -0.25) is 0 Å². The highest BCUT2D eigenvalue weighted by Crippen LogP contribution is 2.00. The van der Waals surface area contributed by atoms with Crippen LogP contribution in [0.25, 0.3) is 0 Å². The smallest absolute Gasteiger partial charge is 0.126 e. The van der Waals surface area contributed by atoms with Crippen molar-refractivity contribution in [3.05, 3.63) is 36.5 Å². The highest BCUT2D eigenvalue weighted by atomic mass is 15.0. The predicted molar refractivity (Wildman–Crippen MR) is 47.5 cm³/mol. The Morgan fingerprint density at radius 3 is 3.08 bits per heavy atom. The van der Waals surface area contributed by atoms with Crippen LogP contribution in [-0.2, 0) is 0 Å². The Hall–Kier alpha value is -1.82. The van der Waals surface area contributed by atoms with E-state index in [0.29, 0.717) is 12.1 Å². The number of aromatic nitrogens is 1. The molecule has 0 spiro atoms. The maximum Gasteiger partial charge on any atom is 0.126 e. The van der Waals surface area contributed by atoms with Crippen LogP contribution >= 0.6 is 0 Å². The molecule has 0 unspecified atom stereocenters. The molecule has 12 heavy (non-hydrogen) atoms. The minimum Gasteiger partial charge on any atom is -0.365 e. The summed E-state index contributed by atoms with van der Waals surface area (Å²) in [6.07, 6.45) is 1.69. The molecular weight excluding hydrogens is 150 g/mol. The molecule has 1 aromatic rings. The Morgan fingerprint density at radius 2 is 2.50 bits per heavy atom. The van der Waals surface area contributed by atoms with Gasteiger partial charge in [-0.25, -0.2) is 4.98 Å². The molecule has 3 nitrogen and oxygen atoms in total. The third-order valence-corrected chi connectivity index (χ3v) is 1.31. The van der Waals surface area contributed by atoms with Gasteiger partial charge in [-0.1, -0.05) is 12.6 Å². The molecule has 0 atom stereocenters. The van der Waals surface area contributed by atoms with Gasteiger partial charge >= 0.3 is 0 Å². The van der Waals surface area contributed by atoms with Crippen molar-refractivity contribution in [1.82, 2.24) is 4.98 Å². The molecule has 0 aliphatic carbocycles. The topological polar surface area (TPSA) is 48.7 Å². The Labute approximate surface area is 71.4 Å². The van der Waals surface area contributed by atoms with Crippen LogP contribution < -0.4 is 5.32 Å². The minimum atomic E-state index is 0.452. The first-order valence-electron chi connectivity index (χ1n) is 3.55. The average molecular weight is 159 g/mol. The lowest BCUT2D eigenvalue weighted by molar-refractivity contribution is 1.20. The van der Waals surface area contributed by atoms with Crippen molar-refractivity contribution >= 4 is 5.82 Å². The number of nitriles is 1. The molecule has 1 rings (SSSR count). The molecule has 0 fully saturated rings. The molecule has 3 heteroatoms. The summed E-state index contributed by atoms with van der Waals surface area (Å²) < 4.78 is 0. The van der Waals surface area contributed by atoms with Crippen LogP contribution in [-0.4, -0.2) is 11.5 Å². The van der Waals surface area contributed by atoms with E-state index in [4.69, 9.17) is 5.26 Å². The molecule has 60 valence electrons. The zero-order chi connectivity index (χ0) is 8.81. The van der Waals surface area contributed by atoms with Gasteiger partial charge in [0.15, 0.2) is 0 Å². The van der Waals surface area contributed by atoms with Gasteiger partial charge in [0, 0.05) is 11.8 Å². The summed E-state index contributed by atoms with van der Waals surface area (Å²) in [6.45, 7) is 3.99. The molecular formula is C9H9N3. The number of rotatable bonds is 3. The monoisotopic (exact) mass is 159 g/mol. The van der Waals surface area contributed by atoms with Crippen LogP contribution in [0.2, 0.25) is 0 Å². The summed E-state index contributed by atoms with van der Waals surface area (Å²) in [5, 5.41) is 11.4. The average Bonchev–Trinajstić information content (AvgIpc) is 2.16. The molecule has 0 amide bonds. The highest BCUT2D eigenvalue weighted by molar-refractivity contribution is 5.36. The fraction of sp³-hybridized carbons (Fsp3) is 0.111. The second-order valence-electron chi connectivity index (χ2n) is 2.28. The molecule has 0 aliphatic heterocycles. The molecule has 0 radical (unpaired) electrons. The third-order valence-electron chi connectivity index (χ3n) is 1.31. The van der Waals surface area contributed by atoms with Crippen molar-refractivity contribution in [2.75, 3.05) is 11.9 Å². The van der Waals surface area contributed by atoms with Crippen molar-refractivity contribution in [2.45, 2.75) is 0 Å². The number of hydrogen-bond acceptors (Lipinski definition) is 3. The van der Waals surface area contributed by atoms with Crippen molar-refractivity contribution in [3.8, 4) is 6.07 Å². The highest BCUT2D eigenvalue weighted by Gasteiger charge is 1.92. The van der Waals surface area contributed by atoms with E-state index < -0.39 is 0 Å². The van der Waals surface area contributed by atoms with E-state index in [9.17, 15) is 0 Å². The van der Waals surface area contributed by atoms with E-state index in [-0.39, 0.29) is 0 Å². The van der Waals surface area contributed by atoms with E-state index in [1.807, 2.05) is 24.3 Å². The van der Waals surface area contributed by atoms with Gasteiger partial charge in [-0.05, 0) is 12.1 Å². The molecule has 1 N–H and O–H groups in total. The molecule has 1 heterocycles. The lowest BCUT2D eigenvalue weighted by Crippen LogP contribution is -2.03. The first kappa shape index (κ1) is 8.28. The van der Waals surface area contributed by atoms with Gasteiger partial charge in [0.1, 0.15) is 5.82 Å². The van der Waals surface area contributed by atoms with Crippen LogP contribution in [0.5, 0.6) is 0 Å². The van der Waals surface area contributed by atoms with Crippen LogP contribution in [0.4, 0.5) is 5.82 Å². The van der Waals surface area contributed by atoms with Gasteiger partial charge in [-0.2, -0.15) is 5.26 Å². The molecule has 0 bridgehead atoms. The quantitative estimate of drug-likeness (QED) is 0.681. The zero-order valence-corrected chi connectivity index (χ0v) is 6.62. The third kappa shape index (κ3) is 2.43. The molecule has 1 aromatic heterocycles. The summed E-state index contributed by atoms with van der Waals surface area (Å²) >= 11 is 0. The van der Waals surface area contributed by atoms with Gasteiger partial charge in [0.25, 0.3) is 0 Å². The Morgan fingerprint density at radius 1 is 1.67 bits per heavy atom. The van der Waals surface area contributed by atoms with Gasteiger partial charge < -0.3 is 5.32 Å². The predicted octanol–water partition coefficient (Wildman–Crippen LogP) is 1.57. The van der Waals surface area contributed by atoms with Crippen molar-refractivity contribution in [1.29, 1.82) is 5.26 Å². The van der Waals surface area contributed by atoms with Crippen molar-refractivity contribution in [2.24, 2.45) is 0 Å². The Kier molecular flexibility index (Phi) is 2.86. The summed E-state index contributed by atoms with van der Waals surface area (Å²) in [5.41, 5.74) is 0.501. The molecule has 0 aliphatic rings. The van der Waals surface area contributed by atoms with Crippen LogP contribution in [0.15, 0.2) is 36.5 Å². The number of nitrogens with one attached hydrogen (secondary N) is 1. The fourth-order valence-corrected chi connectivity index (χ4v) is 0.704. The maximum absolute atomic E-state index is 8.40. The van der Waals surface area contributed by atoms with E-state index in [1.165, 1.54) is 0 Å². The van der Waals surface area contributed by atoms with E-state index in [2.05, 4.69) is 16.9 Å². The van der Waals surface area contributed by atoms with E-state index in [1.54, 1.807) is 6.20 Å². The van der Waals surface area contributed by atoms with E-state index >= 15 is 0 Å². The van der Waals surface area contributed by atoms with E-state index in [0.717, 1.165) is 5.82 Å². The normalized spacial score (nSPS) is 8.58. The first-order chi connectivity index (χ1) is 5.83. The lowest BCUT2D eigenvalue weighted by Gasteiger charge is -2.01. The molecule has 0 saturated carbocycles. The van der Waals surface area contributed by atoms with Gasteiger partial charge in [-0.15, -0.1) is 0 Å². The SMILES string of the molecule is C=C(C#N)CNc1ccccn1. The summed E-state index contributed by atoms with van der Waals surface area (Å²) in [7, 11) is 0. The van der Waals surface area contributed by atoms with Crippen LogP contribution in [0.3, 0.4) is 0 Å². The summed E-state index contributed by atoms with van der Waals surface area (Å²) in [5.74, 6) is 0.758. The molecule has 0 saturated heterocycles. The zero-order valence-electron chi connectivity index (χ0n) is 6.62. The minimum absolute atomic E-state index is 0.452. The number of pyridine rings is 1. The Balaban J connectivity index is 2.45. The first-order valence-corrected chi connectivity index (χ1v) is 3.55. The summed E-state index contributed by atoms with van der Waals surface area (Å²) in [6, 6.07) is 7.51. The number of hydrogen-bond donors (Lipinski definition) is 1. The number of anilines is 1. The summed E-state index contributed by atoms with van der Waals surface area (Å²) in [4.78, 5) is 4.02. The second-order valence-corrected chi connectivity index (χ2v) is 2.28. The standard InChI is InChI=1S/C9H9N3/c1-8(6-10)7-12-9-4-2-3-5-11-9/h2-5H,1,7H2,(H,11,12). The largest absolute Gasteiger partial charge is 0.365 e. The fourth-order valence-electron chi connectivity index (χ4n) is 0.704. The number of nitrogens with zero attached hydrogens (tertiary/aromatic N) is 2. The van der Waals surface area contributed by atoms with Gasteiger partial charge in [0.05, 0.1) is 12.6 Å². The van der Waals surface area contributed by atoms with Crippen LogP contribution in [0.1, 0.15) is 0 Å². The van der Waals surface area contributed by atoms with Crippen molar-refractivity contribution in [3.63, 3.8) is 0 Å².